The molecule has 2 rings (SSSR count). The quantitative estimate of drug-likeness (QED) is 0.889. The van der Waals surface area contributed by atoms with Crippen LogP contribution in [0.25, 0.3) is 0 Å². The highest BCUT2D eigenvalue weighted by molar-refractivity contribution is 9.10. The lowest BCUT2D eigenvalue weighted by Gasteiger charge is -2.15. The Morgan fingerprint density at radius 3 is 2.71 bits per heavy atom. The van der Waals surface area contributed by atoms with Crippen LogP contribution in [-0.4, -0.2) is 22.0 Å². The van der Waals surface area contributed by atoms with Crippen LogP contribution in [0.1, 0.15) is 39.4 Å². The van der Waals surface area contributed by atoms with E-state index in [0.717, 1.165) is 10.0 Å². The van der Waals surface area contributed by atoms with Crippen molar-refractivity contribution in [3.8, 4) is 0 Å². The minimum absolute atomic E-state index is 0.0909. The number of hydrogen-bond donors (Lipinski definition) is 2. The minimum atomic E-state index is -1.18. The van der Waals surface area contributed by atoms with Crippen LogP contribution in [0.3, 0.4) is 0 Å². The molecule has 1 heterocycles. The average molecular weight is 349 g/mol. The number of hydrogen-bond acceptors (Lipinski definition) is 3. The molecule has 0 aliphatic rings. The number of amides is 1. The third-order valence-electron chi connectivity index (χ3n) is 2.95. The Bertz CT molecular complexity index is 688. The molecule has 0 bridgehead atoms. The van der Waals surface area contributed by atoms with Gasteiger partial charge in [-0.15, -0.1) is 0 Å². The van der Waals surface area contributed by atoms with Gasteiger partial charge in [-0.25, -0.2) is 4.79 Å². The van der Waals surface area contributed by atoms with Crippen molar-refractivity contribution in [3.05, 3.63) is 63.9 Å². The average Bonchev–Trinajstić information content (AvgIpc) is 2.47. The SMILES string of the molecule is CC(NC(=O)c1ncccc1C(=O)O)c1cccc(Br)c1. The third kappa shape index (κ3) is 3.66. The maximum Gasteiger partial charge on any atom is 0.338 e. The second kappa shape index (κ2) is 6.49. The summed E-state index contributed by atoms with van der Waals surface area (Å²) in [7, 11) is 0. The number of carbonyl (C=O) groups is 2. The van der Waals surface area contributed by atoms with Gasteiger partial charge in [0.25, 0.3) is 5.91 Å². The summed E-state index contributed by atoms with van der Waals surface area (Å²) in [5.41, 5.74) is 0.703. The van der Waals surface area contributed by atoms with Gasteiger partial charge < -0.3 is 10.4 Å². The first-order chi connectivity index (χ1) is 9.99. The highest BCUT2D eigenvalue weighted by atomic mass is 79.9. The molecule has 1 aromatic heterocycles. The zero-order chi connectivity index (χ0) is 15.4. The summed E-state index contributed by atoms with van der Waals surface area (Å²) in [4.78, 5) is 27.2. The summed E-state index contributed by atoms with van der Waals surface area (Å²) in [6.07, 6.45) is 1.39. The molecule has 2 N–H and O–H groups in total. The van der Waals surface area contributed by atoms with Crippen molar-refractivity contribution in [3.63, 3.8) is 0 Å². The van der Waals surface area contributed by atoms with Crippen LogP contribution in [0, 0.1) is 0 Å². The molecule has 0 aliphatic carbocycles. The number of carboxylic acid groups (broad SMARTS) is 1. The number of nitrogens with zero attached hydrogens (tertiary/aromatic N) is 1. The lowest BCUT2D eigenvalue weighted by atomic mass is 10.1. The number of halogens is 1. The van der Waals surface area contributed by atoms with E-state index in [-0.39, 0.29) is 17.3 Å². The van der Waals surface area contributed by atoms with Gasteiger partial charge in [0.1, 0.15) is 5.69 Å². The number of benzene rings is 1. The zero-order valence-electron chi connectivity index (χ0n) is 11.2. The lowest BCUT2D eigenvalue weighted by molar-refractivity contribution is 0.0689. The second-order valence-corrected chi connectivity index (χ2v) is 5.37. The minimum Gasteiger partial charge on any atom is -0.478 e. The molecule has 0 radical (unpaired) electrons. The molecule has 1 atom stereocenters. The highest BCUT2D eigenvalue weighted by Crippen LogP contribution is 2.18. The fourth-order valence-electron chi connectivity index (χ4n) is 1.88. The van der Waals surface area contributed by atoms with E-state index >= 15 is 0 Å². The summed E-state index contributed by atoms with van der Waals surface area (Å²) in [5.74, 6) is -1.69. The van der Waals surface area contributed by atoms with E-state index in [0.29, 0.717) is 0 Å². The first kappa shape index (κ1) is 15.2. The van der Waals surface area contributed by atoms with Gasteiger partial charge in [0, 0.05) is 10.7 Å². The number of pyridine rings is 1. The van der Waals surface area contributed by atoms with Crippen molar-refractivity contribution >= 4 is 27.8 Å². The fraction of sp³-hybridized carbons (Fsp3) is 0.133. The van der Waals surface area contributed by atoms with Crippen LogP contribution < -0.4 is 5.32 Å². The number of carbonyl (C=O) groups excluding carboxylic acids is 1. The number of nitrogens with one attached hydrogen (secondary N) is 1. The van der Waals surface area contributed by atoms with Crippen LogP contribution in [0.2, 0.25) is 0 Å². The summed E-state index contributed by atoms with van der Waals surface area (Å²) in [5, 5.41) is 11.8. The standard InChI is InChI=1S/C15H13BrN2O3/c1-9(10-4-2-5-11(16)8-10)18-14(19)13-12(15(20)21)6-3-7-17-13/h2-9H,1H3,(H,18,19)(H,20,21). The van der Waals surface area contributed by atoms with Gasteiger partial charge in [-0.05, 0) is 36.8 Å². The van der Waals surface area contributed by atoms with Crippen molar-refractivity contribution in [2.75, 3.05) is 0 Å². The summed E-state index contributed by atoms with van der Waals surface area (Å²) < 4.78 is 0.908. The molecule has 2 aromatic rings. The van der Waals surface area contributed by atoms with E-state index in [9.17, 15) is 9.59 Å². The van der Waals surface area contributed by atoms with Gasteiger partial charge in [0.05, 0.1) is 11.6 Å². The fourth-order valence-corrected chi connectivity index (χ4v) is 2.30. The van der Waals surface area contributed by atoms with E-state index in [4.69, 9.17) is 5.11 Å². The number of aromatic carboxylic acids is 1. The lowest BCUT2D eigenvalue weighted by Crippen LogP contribution is -2.29. The van der Waals surface area contributed by atoms with Gasteiger partial charge in [0.15, 0.2) is 0 Å². The monoisotopic (exact) mass is 348 g/mol. The Hall–Kier alpha value is -2.21. The number of aromatic nitrogens is 1. The molecule has 1 amide bonds. The molecule has 1 aromatic carbocycles. The van der Waals surface area contributed by atoms with E-state index in [2.05, 4.69) is 26.2 Å². The topological polar surface area (TPSA) is 79.3 Å². The van der Waals surface area contributed by atoms with E-state index < -0.39 is 11.9 Å². The first-order valence-electron chi connectivity index (χ1n) is 6.23. The second-order valence-electron chi connectivity index (χ2n) is 4.45. The molecule has 0 saturated carbocycles. The van der Waals surface area contributed by atoms with Crippen LogP contribution in [0.4, 0.5) is 0 Å². The van der Waals surface area contributed by atoms with Gasteiger partial charge in [-0.1, -0.05) is 28.1 Å². The number of rotatable bonds is 4. The summed E-state index contributed by atoms with van der Waals surface area (Å²) >= 11 is 3.37. The Labute approximate surface area is 130 Å². The van der Waals surface area contributed by atoms with Gasteiger partial charge >= 0.3 is 5.97 Å². The molecule has 108 valence electrons. The predicted octanol–water partition coefficient (Wildman–Crippen LogP) is 3.03. The third-order valence-corrected chi connectivity index (χ3v) is 3.44. The molecule has 0 saturated heterocycles. The molecular formula is C15H13BrN2O3. The van der Waals surface area contributed by atoms with Crippen molar-refractivity contribution in [1.82, 2.24) is 10.3 Å². The summed E-state index contributed by atoms with van der Waals surface area (Å²) in [6.45, 7) is 1.82. The molecule has 1 unspecified atom stereocenters. The highest BCUT2D eigenvalue weighted by Gasteiger charge is 2.19. The molecule has 0 spiro atoms. The van der Waals surface area contributed by atoms with Gasteiger partial charge in [0.2, 0.25) is 0 Å². The van der Waals surface area contributed by atoms with Crippen LogP contribution in [0.5, 0.6) is 0 Å². The Morgan fingerprint density at radius 1 is 1.29 bits per heavy atom. The van der Waals surface area contributed by atoms with Crippen LogP contribution in [-0.2, 0) is 0 Å². The molecule has 0 fully saturated rings. The van der Waals surface area contributed by atoms with Crippen molar-refractivity contribution in [2.45, 2.75) is 13.0 Å². The first-order valence-corrected chi connectivity index (χ1v) is 7.03. The van der Waals surface area contributed by atoms with Gasteiger partial charge in [-0.2, -0.15) is 0 Å². The Kier molecular flexibility index (Phi) is 4.70. The Morgan fingerprint density at radius 2 is 2.05 bits per heavy atom. The maximum absolute atomic E-state index is 12.2. The largest absolute Gasteiger partial charge is 0.478 e. The summed E-state index contributed by atoms with van der Waals surface area (Å²) in [6, 6.07) is 10.1. The van der Waals surface area contributed by atoms with Crippen molar-refractivity contribution in [1.29, 1.82) is 0 Å². The molecule has 5 nitrogen and oxygen atoms in total. The Balaban J connectivity index is 2.20. The smallest absolute Gasteiger partial charge is 0.338 e. The van der Waals surface area contributed by atoms with Crippen LogP contribution in [0.15, 0.2) is 47.1 Å². The zero-order valence-corrected chi connectivity index (χ0v) is 12.8. The molecule has 21 heavy (non-hydrogen) atoms. The van der Waals surface area contributed by atoms with E-state index in [1.807, 2.05) is 31.2 Å². The normalized spacial score (nSPS) is 11.7. The van der Waals surface area contributed by atoms with Gasteiger partial charge in [-0.3, -0.25) is 9.78 Å². The molecule has 6 heteroatoms. The van der Waals surface area contributed by atoms with E-state index in [1.54, 1.807) is 0 Å². The van der Waals surface area contributed by atoms with Crippen molar-refractivity contribution in [2.24, 2.45) is 0 Å². The maximum atomic E-state index is 12.2. The predicted molar refractivity (Wildman–Crippen MR) is 81.2 cm³/mol. The molecular weight excluding hydrogens is 336 g/mol. The van der Waals surface area contributed by atoms with Crippen LogP contribution >= 0.6 is 15.9 Å². The van der Waals surface area contributed by atoms with Crippen molar-refractivity contribution < 1.29 is 14.7 Å². The molecule has 0 aliphatic heterocycles. The number of carboxylic acids is 1. The van der Waals surface area contributed by atoms with E-state index in [1.165, 1.54) is 18.3 Å².